The molecule has 1 aliphatic rings. The molecule has 3 aromatic rings. The third-order valence-electron chi connectivity index (χ3n) is 5.91. The number of aliphatic hydroxyl groups excluding tert-OH is 1. The summed E-state index contributed by atoms with van der Waals surface area (Å²) in [7, 11) is -2.78. The van der Waals surface area contributed by atoms with Gasteiger partial charge < -0.3 is 19.7 Å². The van der Waals surface area contributed by atoms with E-state index in [2.05, 4.69) is 15.0 Å². The van der Waals surface area contributed by atoms with Crippen molar-refractivity contribution in [1.82, 2.24) is 14.3 Å². The number of nitrogens with zero attached hydrogens (tertiary/aromatic N) is 2. The molecule has 0 amide bonds. The van der Waals surface area contributed by atoms with E-state index in [0.29, 0.717) is 16.8 Å². The second kappa shape index (κ2) is 11.1. The highest BCUT2D eigenvalue weighted by atomic mass is 32.2. The normalized spacial score (nSPS) is 19.9. The fraction of sp³-hybridized carbons (Fsp3) is 0.333. The van der Waals surface area contributed by atoms with E-state index in [1.54, 1.807) is 35.2 Å². The van der Waals surface area contributed by atoms with E-state index in [1.165, 1.54) is 37.6 Å². The van der Waals surface area contributed by atoms with Gasteiger partial charge in [-0.3, -0.25) is 14.0 Å². The molecule has 10 nitrogen and oxygen atoms in total. The molecule has 1 saturated carbocycles. The van der Waals surface area contributed by atoms with E-state index in [4.69, 9.17) is 4.18 Å². The van der Waals surface area contributed by atoms with Gasteiger partial charge in [0.15, 0.2) is 5.78 Å². The summed E-state index contributed by atoms with van der Waals surface area (Å²) in [5.74, 6) is -0.685. The van der Waals surface area contributed by atoms with E-state index in [0.717, 1.165) is 0 Å². The van der Waals surface area contributed by atoms with Crippen molar-refractivity contribution in [2.24, 2.45) is 0 Å². The maximum Gasteiger partial charge on any atom is 0.573 e. The van der Waals surface area contributed by atoms with Crippen molar-refractivity contribution in [3.63, 3.8) is 0 Å². The number of aliphatic hydroxyl groups is 1. The number of pyridine rings is 1. The Morgan fingerprint density at radius 1 is 1.24 bits per heavy atom. The molecule has 0 aliphatic heterocycles. The molecule has 3 N–H and O–H groups in total. The van der Waals surface area contributed by atoms with Crippen LogP contribution in [0.25, 0.3) is 0 Å². The van der Waals surface area contributed by atoms with Gasteiger partial charge in [0.1, 0.15) is 11.9 Å². The number of anilines is 1. The summed E-state index contributed by atoms with van der Waals surface area (Å²) in [4.78, 5) is 17.3. The van der Waals surface area contributed by atoms with Crippen molar-refractivity contribution >= 4 is 21.8 Å². The zero-order chi connectivity index (χ0) is 27.5. The molecule has 2 aromatic heterocycles. The van der Waals surface area contributed by atoms with Gasteiger partial charge in [0.05, 0.1) is 11.7 Å². The molecular formula is C24H25F3N4O6S. The molecule has 0 bridgehead atoms. The molecule has 1 aromatic carbocycles. The summed E-state index contributed by atoms with van der Waals surface area (Å²) in [6.45, 7) is 0.206. The Bertz CT molecular complexity index is 1400. The molecule has 3 atom stereocenters. The zero-order valence-corrected chi connectivity index (χ0v) is 20.9. The molecule has 38 heavy (non-hydrogen) atoms. The van der Waals surface area contributed by atoms with Crippen LogP contribution in [0.1, 0.15) is 34.3 Å². The van der Waals surface area contributed by atoms with Gasteiger partial charge in [-0.05, 0) is 42.7 Å². The lowest BCUT2D eigenvalue weighted by molar-refractivity contribution is -0.274. The number of benzene rings is 1. The van der Waals surface area contributed by atoms with E-state index < -0.39 is 28.9 Å². The lowest BCUT2D eigenvalue weighted by atomic mass is 10.1. The molecule has 14 heteroatoms. The van der Waals surface area contributed by atoms with Crippen LogP contribution in [0.4, 0.5) is 18.9 Å². The van der Waals surface area contributed by atoms with Gasteiger partial charge in [0.25, 0.3) is 0 Å². The van der Waals surface area contributed by atoms with Crippen LogP contribution >= 0.6 is 0 Å². The number of ketones is 1. The molecule has 4 rings (SSSR count). The maximum atomic E-state index is 13.3. The smallest absolute Gasteiger partial charge is 0.406 e. The molecule has 204 valence electrons. The molecule has 0 radical (unpaired) electrons. The minimum atomic E-state index is -4.80. The largest absolute Gasteiger partial charge is 0.573 e. The first-order valence-electron chi connectivity index (χ1n) is 11.5. The van der Waals surface area contributed by atoms with Crippen LogP contribution in [0.3, 0.4) is 0 Å². The van der Waals surface area contributed by atoms with Gasteiger partial charge in [0.2, 0.25) is 0 Å². The molecule has 0 saturated heterocycles. The van der Waals surface area contributed by atoms with Crippen LogP contribution in [0.5, 0.6) is 5.75 Å². The van der Waals surface area contributed by atoms with Gasteiger partial charge in [-0.25, -0.2) is 0 Å². The fourth-order valence-electron chi connectivity index (χ4n) is 4.21. The monoisotopic (exact) mass is 554 g/mol. The first-order chi connectivity index (χ1) is 17.9. The number of alkyl halides is 3. The average Bonchev–Trinajstić information content (AvgIpc) is 3.44. The summed E-state index contributed by atoms with van der Waals surface area (Å²) >= 11 is 0. The summed E-state index contributed by atoms with van der Waals surface area (Å²) in [5, 5.41) is 13.4. The predicted molar refractivity (Wildman–Crippen MR) is 130 cm³/mol. The third-order valence-corrected chi connectivity index (χ3v) is 6.91. The molecular weight excluding hydrogens is 529 g/mol. The van der Waals surface area contributed by atoms with Crippen molar-refractivity contribution in [2.45, 2.75) is 44.0 Å². The summed E-state index contributed by atoms with van der Waals surface area (Å²) in [6.07, 6.45) is -0.288. The maximum absolute atomic E-state index is 13.3. The van der Waals surface area contributed by atoms with Gasteiger partial charge in [-0.15, -0.1) is 13.2 Å². The first-order valence-corrected chi connectivity index (χ1v) is 12.9. The Kier molecular flexibility index (Phi) is 8.06. The van der Waals surface area contributed by atoms with Crippen LogP contribution in [-0.4, -0.2) is 60.5 Å². The van der Waals surface area contributed by atoms with Crippen molar-refractivity contribution in [3.05, 3.63) is 77.9 Å². The molecule has 0 unspecified atom stereocenters. The second-order valence-corrected chi connectivity index (χ2v) is 10.2. The highest BCUT2D eigenvalue weighted by Gasteiger charge is 2.37. The fourth-order valence-corrected chi connectivity index (χ4v) is 4.84. The van der Waals surface area contributed by atoms with Gasteiger partial charge in [-0.1, -0.05) is 12.1 Å². The summed E-state index contributed by atoms with van der Waals surface area (Å²) in [5.41, 5.74) is 1.58. The predicted octanol–water partition coefficient (Wildman–Crippen LogP) is 2.85. The van der Waals surface area contributed by atoms with Crippen LogP contribution in [-0.2, 0) is 21.0 Å². The van der Waals surface area contributed by atoms with Crippen LogP contribution in [0, 0.1) is 0 Å². The van der Waals surface area contributed by atoms with Crippen molar-refractivity contribution < 1.29 is 40.4 Å². The van der Waals surface area contributed by atoms with Crippen LogP contribution in [0.15, 0.2) is 61.2 Å². The molecule has 0 spiro atoms. The average molecular weight is 555 g/mol. The molecule has 2 heterocycles. The highest BCUT2D eigenvalue weighted by molar-refractivity contribution is 7.84. The Morgan fingerprint density at radius 2 is 2.03 bits per heavy atom. The number of hydrogen-bond acceptors (Lipinski definition) is 8. The van der Waals surface area contributed by atoms with E-state index in [-0.39, 0.29) is 42.5 Å². The second-order valence-electron chi connectivity index (χ2n) is 8.69. The third kappa shape index (κ3) is 7.10. The SMILES string of the molecule is CNS(=O)(=O)O[C@@H]1C[C@H](Nc2ccncc2C(=O)c2ccn(Cc3cccc(OC(F)(F)F)c3)c2)C[C@@H]1O. The quantitative estimate of drug-likeness (QED) is 0.326. The molecule has 1 fully saturated rings. The number of aromatic nitrogens is 2. The number of rotatable bonds is 10. The van der Waals surface area contributed by atoms with E-state index in [1.807, 2.05) is 4.72 Å². The summed E-state index contributed by atoms with van der Waals surface area (Å²) < 4.78 is 73.5. The number of carbonyl (C=O) groups is 1. The number of carbonyl (C=O) groups excluding carboxylic acids is 1. The van der Waals surface area contributed by atoms with Crippen molar-refractivity contribution in [1.29, 1.82) is 0 Å². The van der Waals surface area contributed by atoms with Crippen LogP contribution < -0.4 is 14.8 Å². The number of halogens is 3. The number of hydrogen-bond donors (Lipinski definition) is 3. The summed E-state index contributed by atoms with van der Waals surface area (Å²) in [6, 6.07) is 8.38. The van der Waals surface area contributed by atoms with Gasteiger partial charge in [-0.2, -0.15) is 13.1 Å². The Morgan fingerprint density at radius 3 is 2.76 bits per heavy atom. The minimum Gasteiger partial charge on any atom is -0.406 e. The Hall–Kier alpha value is -3.46. The standard InChI is InChI=1S/C24H25F3N4O6S/c1-28-38(34,35)37-22-11-17(10-21(22)32)30-20-5-7-29-12-19(20)23(33)16-6-8-31(14-16)13-15-3-2-4-18(9-15)36-24(25,26)27/h2-9,12,14,17,21-22,28,32H,10-11,13H2,1H3,(H,29,30)/t17-,21+,22-/m1/s1. The van der Waals surface area contributed by atoms with Crippen molar-refractivity contribution in [3.8, 4) is 5.75 Å². The Balaban J connectivity index is 1.45. The van der Waals surface area contributed by atoms with Gasteiger partial charge >= 0.3 is 16.7 Å². The lowest BCUT2D eigenvalue weighted by Crippen LogP contribution is -2.31. The van der Waals surface area contributed by atoms with E-state index in [9.17, 15) is 31.5 Å². The minimum absolute atomic E-state index is 0.186. The van der Waals surface area contributed by atoms with E-state index >= 15 is 0 Å². The Labute approximate surface area is 216 Å². The number of ether oxygens (including phenoxy) is 1. The lowest BCUT2D eigenvalue weighted by Gasteiger charge is -2.16. The van der Waals surface area contributed by atoms with Crippen molar-refractivity contribution in [2.75, 3.05) is 12.4 Å². The number of nitrogens with one attached hydrogen (secondary N) is 2. The first kappa shape index (κ1) is 27.6. The van der Waals surface area contributed by atoms with Gasteiger partial charge in [0, 0.05) is 55.7 Å². The molecule has 1 aliphatic carbocycles. The highest BCUT2D eigenvalue weighted by Crippen LogP contribution is 2.29. The topological polar surface area (TPSA) is 132 Å². The van der Waals surface area contributed by atoms with Crippen LogP contribution in [0.2, 0.25) is 0 Å². The zero-order valence-electron chi connectivity index (χ0n) is 20.1.